The van der Waals surface area contributed by atoms with E-state index >= 15 is 0 Å². The number of amides is 1. The summed E-state index contributed by atoms with van der Waals surface area (Å²) in [5.74, 6) is 1.70. The highest BCUT2D eigenvalue weighted by molar-refractivity contribution is 7.98. The molecule has 0 aliphatic carbocycles. The van der Waals surface area contributed by atoms with Gasteiger partial charge >= 0.3 is 0 Å². The third kappa shape index (κ3) is 5.69. The summed E-state index contributed by atoms with van der Waals surface area (Å²) in [5.41, 5.74) is 2.12. The van der Waals surface area contributed by atoms with Crippen LogP contribution in [0.1, 0.15) is 15.9 Å². The number of benzene rings is 1. The van der Waals surface area contributed by atoms with Gasteiger partial charge in [-0.1, -0.05) is 6.07 Å². The maximum Gasteiger partial charge on any atom is 0.258 e. The first-order valence-corrected chi connectivity index (χ1v) is 9.77. The van der Waals surface area contributed by atoms with Gasteiger partial charge in [-0.05, 0) is 30.3 Å². The summed E-state index contributed by atoms with van der Waals surface area (Å²) in [6.45, 7) is 0.133. The smallest absolute Gasteiger partial charge is 0.258 e. The van der Waals surface area contributed by atoms with Crippen molar-refractivity contribution in [2.45, 2.75) is 10.8 Å². The predicted octanol–water partition coefficient (Wildman–Crippen LogP) is 4.01. The molecule has 2 heterocycles. The minimum absolute atomic E-state index is 0.133. The van der Waals surface area contributed by atoms with Crippen molar-refractivity contribution in [3.63, 3.8) is 0 Å². The predicted molar refractivity (Wildman–Crippen MR) is 111 cm³/mol. The average Bonchev–Trinajstić information content (AvgIpc) is 2.77. The molecule has 29 heavy (non-hydrogen) atoms. The van der Waals surface area contributed by atoms with Gasteiger partial charge in [-0.25, -0.2) is 4.98 Å². The van der Waals surface area contributed by atoms with Crippen LogP contribution in [0.5, 0.6) is 11.5 Å². The van der Waals surface area contributed by atoms with E-state index in [1.807, 2.05) is 18.2 Å². The molecule has 0 fully saturated rings. The first kappa shape index (κ1) is 20.6. The molecule has 7 nitrogen and oxygen atoms in total. The van der Waals surface area contributed by atoms with Crippen LogP contribution in [-0.2, 0) is 10.5 Å². The molecule has 0 aliphatic heterocycles. The number of rotatable bonds is 9. The second-order valence-corrected chi connectivity index (χ2v) is 6.82. The number of hydrogen-bond donors (Lipinski definition) is 1. The van der Waals surface area contributed by atoms with Crippen molar-refractivity contribution >= 4 is 23.4 Å². The monoisotopic (exact) mass is 411 g/mol. The van der Waals surface area contributed by atoms with Crippen LogP contribution >= 0.6 is 11.8 Å². The first-order chi connectivity index (χ1) is 14.2. The van der Waals surface area contributed by atoms with E-state index in [-0.39, 0.29) is 12.7 Å². The van der Waals surface area contributed by atoms with Gasteiger partial charge in [0, 0.05) is 48.8 Å². The van der Waals surface area contributed by atoms with Crippen molar-refractivity contribution in [2.75, 3.05) is 26.3 Å². The van der Waals surface area contributed by atoms with Gasteiger partial charge in [0.05, 0.1) is 12.7 Å². The molecule has 0 saturated carbocycles. The Bertz CT molecular complexity index is 954. The SMILES string of the molecule is COCOc1cc(OC)ccc1CSc1ncccc1C(=O)Nc1ccncc1. The van der Waals surface area contributed by atoms with Crippen LogP contribution < -0.4 is 14.8 Å². The van der Waals surface area contributed by atoms with Crippen molar-refractivity contribution < 1.29 is 19.0 Å². The topological polar surface area (TPSA) is 82.6 Å². The minimum Gasteiger partial charge on any atom is -0.497 e. The number of carbonyl (C=O) groups is 1. The molecule has 1 N–H and O–H groups in total. The highest BCUT2D eigenvalue weighted by atomic mass is 32.2. The van der Waals surface area contributed by atoms with E-state index in [2.05, 4.69) is 15.3 Å². The Labute approximate surface area is 173 Å². The molecule has 1 amide bonds. The van der Waals surface area contributed by atoms with Gasteiger partial charge < -0.3 is 19.5 Å². The summed E-state index contributed by atoms with van der Waals surface area (Å²) in [6, 6.07) is 12.6. The Kier molecular flexibility index (Phi) is 7.43. The van der Waals surface area contributed by atoms with Crippen molar-refractivity contribution in [1.29, 1.82) is 0 Å². The fourth-order valence-electron chi connectivity index (χ4n) is 2.50. The number of methoxy groups -OCH3 is 2. The molecule has 0 spiro atoms. The Balaban J connectivity index is 1.75. The number of hydrogen-bond acceptors (Lipinski definition) is 7. The largest absolute Gasteiger partial charge is 0.497 e. The second kappa shape index (κ2) is 10.4. The number of ether oxygens (including phenoxy) is 3. The zero-order chi connectivity index (χ0) is 20.5. The third-order valence-corrected chi connectivity index (χ3v) is 4.98. The number of pyridine rings is 2. The zero-order valence-corrected chi connectivity index (χ0v) is 16.9. The molecule has 3 aromatic rings. The van der Waals surface area contributed by atoms with E-state index < -0.39 is 0 Å². The zero-order valence-electron chi connectivity index (χ0n) is 16.1. The highest BCUT2D eigenvalue weighted by Crippen LogP contribution is 2.31. The molecule has 0 bridgehead atoms. The van der Waals surface area contributed by atoms with E-state index in [1.54, 1.807) is 57.1 Å². The second-order valence-electron chi connectivity index (χ2n) is 5.86. The third-order valence-electron chi connectivity index (χ3n) is 3.92. The van der Waals surface area contributed by atoms with Gasteiger partial charge in [0.25, 0.3) is 5.91 Å². The van der Waals surface area contributed by atoms with Crippen molar-refractivity contribution in [1.82, 2.24) is 9.97 Å². The molecule has 0 aliphatic rings. The van der Waals surface area contributed by atoms with E-state index in [4.69, 9.17) is 14.2 Å². The summed E-state index contributed by atoms with van der Waals surface area (Å²) < 4.78 is 15.9. The first-order valence-electron chi connectivity index (χ1n) is 8.79. The van der Waals surface area contributed by atoms with Gasteiger partial charge in [0.2, 0.25) is 0 Å². The fraction of sp³-hybridized carbons (Fsp3) is 0.190. The number of carbonyl (C=O) groups excluding carboxylic acids is 1. The summed E-state index contributed by atoms with van der Waals surface area (Å²) >= 11 is 1.45. The van der Waals surface area contributed by atoms with Gasteiger partial charge in [0.15, 0.2) is 6.79 Å². The summed E-state index contributed by atoms with van der Waals surface area (Å²) in [6.07, 6.45) is 4.92. The van der Waals surface area contributed by atoms with Gasteiger partial charge in [0.1, 0.15) is 16.5 Å². The number of anilines is 1. The standard InChI is InChI=1S/C21H21N3O4S/c1-26-14-28-19-12-17(27-2)6-5-15(19)13-29-21-18(4-3-9-23-21)20(25)24-16-7-10-22-11-8-16/h3-12H,13-14H2,1-2H3,(H,22,24,25). The number of nitrogens with one attached hydrogen (secondary N) is 1. The molecule has 150 valence electrons. The number of aromatic nitrogens is 2. The van der Waals surface area contributed by atoms with Crippen LogP contribution in [0.4, 0.5) is 5.69 Å². The Morgan fingerprint density at radius 3 is 2.69 bits per heavy atom. The van der Waals surface area contributed by atoms with Crippen LogP contribution in [0, 0.1) is 0 Å². The molecule has 2 aromatic heterocycles. The lowest BCUT2D eigenvalue weighted by Gasteiger charge is -2.13. The fourth-order valence-corrected chi connectivity index (χ4v) is 3.48. The quantitative estimate of drug-likeness (QED) is 0.421. The molecule has 0 saturated heterocycles. The summed E-state index contributed by atoms with van der Waals surface area (Å²) in [4.78, 5) is 21.0. The molecule has 3 rings (SSSR count). The van der Waals surface area contributed by atoms with Gasteiger partial charge in [-0.3, -0.25) is 9.78 Å². The van der Waals surface area contributed by atoms with Crippen LogP contribution in [0.25, 0.3) is 0 Å². The molecule has 8 heteroatoms. The summed E-state index contributed by atoms with van der Waals surface area (Å²) in [7, 11) is 3.17. The molecule has 1 aromatic carbocycles. The van der Waals surface area contributed by atoms with Crippen LogP contribution in [0.2, 0.25) is 0 Å². The van der Waals surface area contributed by atoms with Crippen molar-refractivity contribution in [3.05, 3.63) is 72.2 Å². The lowest BCUT2D eigenvalue weighted by Crippen LogP contribution is -2.13. The average molecular weight is 411 g/mol. The van der Waals surface area contributed by atoms with Crippen LogP contribution in [-0.4, -0.2) is 36.9 Å². The molecule has 0 atom stereocenters. The van der Waals surface area contributed by atoms with E-state index in [0.29, 0.717) is 33.5 Å². The Morgan fingerprint density at radius 2 is 1.93 bits per heavy atom. The van der Waals surface area contributed by atoms with Crippen LogP contribution in [0.15, 0.2) is 66.1 Å². The minimum atomic E-state index is -0.225. The highest BCUT2D eigenvalue weighted by Gasteiger charge is 2.15. The Hall–Kier alpha value is -3.10. The normalized spacial score (nSPS) is 10.4. The lowest BCUT2D eigenvalue weighted by molar-refractivity contribution is 0.0504. The number of nitrogens with zero attached hydrogens (tertiary/aromatic N) is 2. The molecular weight excluding hydrogens is 390 g/mol. The van der Waals surface area contributed by atoms with Crippen LogP contribution in [0.3, 0.4) is 0 Å². The molecular formula is C21H21N3O4S. The van der Waals surface area contributed by atoms with Gasteiger partial charge in [-0.15, -0.1) is 11.8 Å². The van der Waals surface area contributed by atoms with Crippen molar-refractivity contribution in [2.24, 2.45) is 0 Å². The molecule has 0 unspecified atom stereocenters. The maximum absolute atomic E-state index is 12.7. The Morgan fingerprint density at radius 1 is 1.10 bits per heavy atom. The van der Waals surface area contributed by atoms with Crippen molar-refractivity contribution in [3.8, 4) is 11.5 Å². The molecule has 0 radical (unpaired) electrons. The van der Waals surface area contributed by atoms with E-state index in [0.717, 1.165) is 5.56 Å². The lowest BCUT2D eigenvalue weighted by atomic mass is 10.2. The number of thioether (sulfide) groups is 1. The van der Waals surface area contributed by atoms with Gasteiger partial charge in [-0.2, -0.15) is 0 Å². The van der Waals surface area contributed by atoms with E-state index in [9.17, 15) is 4.79 Å². The van der Waals surface area contributed by atoms with E-state index in [1.165, 1.54) is 11.8 Å². The maximum atomic E-state index is 12.7. The summed E-state index contributed by atoms with van der Waals surface area (Å²) in [5, 5.41) is 3.49.